The molecule has 1 amide bonds. The Kier molecular flexibility index (Phi) is 5.59. The molecule has 1 aromatic heterocycles. The minimum absolute atomic E-state index is 0.363. The van der Waals surface area contributed by atoms with Gasteiger partial charge in [-0.05, 0) is 67.2 Å². The van der Waals surface area contributed by atoms with E-state index in [9.17, 15) is 4.79 Å². The highest BCUT2D eigenvalue weighted by Gasteiger charge is 2.15. The number of aromatic nitrogens is 1. The van der Waals surface area contributed by atoms with Crippen LogP contribution in [0.4, 0.5) is 4.79 Å². The van der Waals surface area contributed by atoms with E-state index in [-0.39, 0.29) is 6.09 Å². The molecule has 0 aromatic carbocycles. The van der Waals surface area contributed by atoms with Crippen molar-refractivity contribution in [2.45, 2.75) is 39.2 Å². The van der Waals surface area contributed by atoms with E-state index in [0.29, 0.717) is 6.54 Å². The number of nitrogens with one attached hydrogen (secondary N) is 1. The van der Waals surface area contributed by atoms with E-state index < -0.39 is 5.60 Å². The summed E-state index contributed by atoms with van der Waals surface area (Å²) in [5.74, 6) is 0. The number of pyridine rings is 1. The van der Waals surface area contributed by atoms with E-state index in [0.717, 1.165) is 17.4 Å². The van der Waals surface area contributed by atoms with Crippen LogP contribution in [0.3, 0.4) is 0 Å². The average molecular weight is 315 g/mol. The quantitative estimate of drug-likeness (QED) is 0.685. The van der Waals surface area contributed by atoms with E-state index in [1.54, 1.807) is 6.20 Å². The van der Waals surface area contributed by atoms with Gasteiger partial charge in [0.05, 0.1) is 0 Å². The lowest BCUT2D eigenvalue weighted by Gasteiger charge is -2.19. The molecule has 1 rings (SSSR count). The second-order valence-electron chi connectivity index (χ2n) is 5.02. The zero-order chi connectivity index (χ0) is 13.6. The lowest BCUT2D eigenvalue weighted by Crippen LogP contribution is -2.33. The normalized spacial score (nSPS) is 11.1. The van der Waals surface area contributed by atoms with Crippen LogP contribution in [0.25, 0.3) is 0 Å². The lowest BCUT2D eigenvalue weighted by molar-refractivity contribution is 0.0527. The summed E-state index contributed by atoms with van der Waals surface area (Å²) in [6, 6.07) is 3.95. The molecule has 1 aromatic rings. The van der Waals surface area contributed by atoms with E-state index in [1.165, 1.54) is 5.56 Å². The Balaban J connectivity index is 2.21. The van der Waals surface area contributed by atoms with E-state index in [1.807, 2.05) is 32.9 Å². The van der Waals surface area contributed by atoms with Gasteiger partial charge in [0, 0.05) is 12.7 Å². The second-order valence-corrected chi connectivity index (χ2v) is 5.83. The number of halogens is 1. The van der Waals surface area contributed by atoms with Gasteiger partial charge in [0.15, 0.2) is 0 Å². The molecule has 0 saturated heterocycles. The van der Waals surface area contributed by atoms with Crippen molar-refractivity contribution in [3.63, 3.8) is 0 Å². The second kappa shape index (κ2) is 6.73. The minimum Gasteiger partial charge on any atom is -0.444 e. The smallest absolute Gasteiger partial charge is 0.407 e. The van der Waals surface area contributed by atoms with Crippen LogP contribution in [-0.2, 0) is 11.2 Å². The Hall–Kier alpha value is -1.10. The largest absolute Gasteiger partial charge is 0.444 e. The maximum Gasteiger partial charge on any atom is 0.407 e. The molecule has 0 unspecified atom stereocenters. The third kappa shape index (κ3) is 6.59. The van der Waals surface area contributed by atoms with Crippen molar-refractivity contribution in [1.29, 1.82) is 0 Å². The van der Waals surface area contributed by atoms with Gasteiger partial charge in [-0.1, -0.05) is 0 Å². The summed E-state index contributed by atoms with van der Waals surface area (Å²) in [5, 5.41) is 2.74. The Morgan fingerprint density at radius 3 is 2.83 bits per heavy atom. The first-order valence-corrected chi connectivity index (χ1v) is 6.73. The third-order valence-corrected chi connectivity index (χ3v) is 2.54. The monoisotopic (exact) mass is 314 g/mol. The lowest BCUT2D eigenvalue weighted by atomic mass is 10.1. The van der Waals surface area contributed by atoms with Crippen molar-refractivity contribution >= 4 is 22.0 Å². The predicted octanol–water partition coefficient (Wildman–Crippen LogP) is 3.30. The molecule has 18 heavy (non-hydrogen) atoms. The van der Waals surface area contributed by atoms with Crippen molar-refractivity contribution in [2.75, 3.05) is 6.54 Å². The molecule has 0 fully saturated rings. The Morgan fingerprint density at radius 1 is 1.50 bits per heavy atom. The number of hydrogen-bond donors (Lipinski definition) is 1. The standard InChI is InChI=1S/C13H19BrN2O2/c1-13(2,3)18-12(17)16-7-4-5-10-6-8-15-11(14)9-10/h6,8-9H,4-5,7H2,1-3H3,(H,16,17). The maximum absolute atomic E-state index is 11.4. The molecule has 0 bridgehead atoms. The van der Waals surface area contributed by atoms with E-state index >= 15 is 0 Å². The molecule has 4 nitrogen and oxygen atoms in total. The number of carbonyl (C=O) groups excluding carboxylic acids is 1. The highest BCUT2D eigenvalue weighted by molar-refractivity contribution is 9.10. The summed E-state index contributed by atoms with van der Waals surface area (Å²) in [7, 11) is 0. The fourth-order valence-corrected chi connectivity index (χ4v) is 1.81. The first-order chi connectivity index (χ1) is 8.37. The van der Waals surface area contributed by atoms with Gasteiger partial charge < -0.3 is 10.1 Å². The van der Waals surface area contributed by atoms with Crippen LogP contribution in [0.2, 0.25) is 0 Å². The number of hydrogen-bond acceptors (Lipinski definition) is 3. The molecule has 0 spiro atoms. The summed E-state index contributed by atoms with van der Waals surface area (Å²) in [6.07, 6.45) is 3.17. The van der Waals surface area contributed by atoms with Crippen LogP contribution in [0.15, 0.2) is 22.9 Å². The molecule has 1 N–H and O–H groups in total. The van der Waals surface area contributed by atoms with Crippen LogP contribution in [0.1, 0.15) is 32.8 Å². The van der Waals surface area contributed by atoms with Crippen molar-refractivity contribution in [2.24, 2.45) is 0 Å². The zero-order valence-electron chi connectivity index (χ0n) is 11.0. The van der Waals surface area contributed by atoms with Gasteiger partial charge in [0.2, 0.25) is 0 Å². The number of alkyl carbamates (subject to hydrolysis) is 1. The maximum atomic E-state index is 11.4. The van der Waals surface area contributed by atoms with Gasteiger partial charge in [-0.3, -0.25) is 0 Å². The highest BCUT2D eigenvalue weighted by Crippen LogP contribution is 2.10. The van der Waals surface area contributed by atoms with Gasteiger partial charge in [0.1, 0.15) is 10.2 Å². The van der Waals surface area contributed by atoms with Gasteiger partial charge >= 0.3 is 6.09 Å². The Bertz CT molecular complexity index is 402. The Morgan fingerprint density at radius 2 is 2.22 bits per heavy atom. The van der Waals surface area contributed by atoms with Crippen LogP contribution < -0.4 is 5.32 Å². The highest BCUT2D eigenvalue weighted by atomic mass is 79.9. The first-order valence-electron chi connectivity index (χ1n) is 5.94. The minimum atomic E-state index is -0.444. The van der Waals surface area contributed by atoms with Crippen molar-refractivity contribution in [1.82, 2.24) is 10.3 Å². The number of nitrogens with zero attached hydrogens (tertiary/aromatic N) is 1. The molecular formula is C13H19BrN2O2. The number of rotatable bonds is 4. The predicted molar refractivity (Wildman–Crippen MR) is 74.5 cm³/mol. The molecule has 0 aliphatic carbocycles. The van der Waals surface area contributed by atoms with Crippen LogP contribution in [0, 0.1) is 0 Å². The molecule has 100 valence electrons. The van der Waals surface area contributed by atoms with Crippen molar-refractivity contribution in [3.05, 3.63) is 28.5 Å². The van der Waals surface area contributed by atoms with Crippen molar-refractivity contribution in [3.8, 4) is 0 Å². The van der Waals surface area contributed by atoms with Crippen molar-refractivity contribution < 1.29 is 9.53 Å². The molecule has 0 saturated carbocycles. The summed E-state index contributed by atoms with van der Waals surface area (Å²) >= 11 is 3.33. The molecular weight excluding hydrogens is 296 g/mol. The fourth-order valence-electron chi connectivity index (χ4n) is 1.40. The van der Waals surface area contributed by atoms with Gasteiger partial charge in [-0.15, -0.1) is 0 Å². The topological polar surface area (TPSA) is 51.2 Å². The van der Waals surface area contributed by atoms with Gasteiger partial charge in [0.25, 0.3) is 0 Å². The SMILES string of the molecule is CC(C)(C)OC(=O)NCCCc1ccnc(Br)c1. The molecule has 5 heteroatoms. The number of carbonyl (C=O) groups is 1. The van der Waals surface area contributed by atoms with Gasteiger partial charge in [-0.2, -0.15) is 0 Å². The summed E-state index contributed by atoms with van der Waals surface area (Å²) in [5.41, 5.74) is 0.753. The van der Waals surface area contributed by atoms with E-state index in [2.05, 4.69) is 26.2 Å². The summed E-state index contributed by atoms with van der Waals surface area (Å²) in [6.45, 7) is 6.15. The van der Waals surface area contributed by atoms with Crippen LogP contribution >= 0.6 is 15.9 Å². The summed E-state index contributed by atoms with van der Waals surface area (Å²) in [4.78, 5) is 15.4. The van der Waals surface area contributed by atoms with E-state index in [4.69, 9.17) is 4.74 Å². The fraction of sp³-hybridized carbons (Fsp3) is 0.538. The molecule has 0 aliphatic heterocycles. The average Bonchev–Trinajstić information content (AvgIpc) is 2.22. The number of amides is 1. The van der Waals surface area contributed by atoms with Crippen LogP contribution in [-0.4, -0.2) is 23.2 Å². The first kappa shape index (κ1) is 15.0. The molecule has 1 heterocycles. The Labute approximate surface area is 116 Å². The molecule has 0 radical (unpaired) electrons. The number of ether oxygens (including phenoxy) is 1. The molecule has 0 aliphatic rings. The zero-order valence-corrected chi connectivity index (χ0v) is 12.6. The van der Waals surface area contributed by atoms with Crippen LogP contribution in [0.5, 0.6) is 0 Å². The third-order valence-electron chi connectivity index (χ3n) is 2.10. The number of aryl methyl sites for hydroxylation is 1. The summed E-state index contributed by atoms with van der Waals surface area (Å²) < 4.78 is 5.97. The van der Waals surface area contributed by atoms with Gasteiger partial charge in [-0.25, -0.2) is 9.78 Å². The molecule has 0 atom stereocenters.